The lowest BCUT2D eigenvalue weighted by molar-refractivity contribution is -0.111. The van der Waals surface area contributed by atoms with Crippen molar-refractivity contribution < 1.29 is 13.6 Å². The van der Waals surface area contributed by atoms with Crippen molar-refractivity contribution in [1.29, 1.82) is 0 Å². The first-order chi connectivity index (χ1) is 11.1. The van der Waals surface area contributed by atoms with E-state index in [1.54, 1.807) is 0 Å². The fourth-order valence-corrected chi connectivity index (χ4v) is 6.15. The Hall–Kier alpha value is 0.157. The molecule has 0 N–H and O–H groups in total. The minimum absolute atomic E-state index is 0.356. The van der Waals surface area contributed by atoms with Crippen molar-refractivity contribution in [2.45, 2.75) is 91.1 Å². The molecule has 138 valence electrons. The van der Waals surface area contributed by atoms with Gasteiger partial charge in [-0.05, 0) is 39.3 Å². The Balaban J connectivity index is 3.58. The van der Waals surface area contributed by atoms with E-state index in [2.05, 4.69) is 13.5 Å². The highest BCUT2D eigenvalue weighted by Gasteiger charge is 2.29. The standard InChI is InChI=1S/C18H38O3SSi/c1-5-8-9-10-11-12-13-15-18(19)22-16-14-17-23(4,20-6-2)21-7-3/h5-17H2,1-4H3. The van der Waals surface area contributed by atoms with E-state index >= 15 is 0 Å². The smallest absolute Gasteiger partial charge is 0.334 e. The molecule has 23 heavy (non-hydrogen) atoms. The van der Waals surface area contributed by atoms with Crippen LogP contribution in [0.25, 0.3) is 0 Å². The van der Waals surface area contributed by atoms with E-state index in [4.69, 9.17) is 8.85 Å². The molecule has 0 aromatic rings. The molecule has 5 heteroatoms. The van der Waals surface area contributed by atoms with Crippen LogP contribution in [0.1, 0.15) is 78.6 Å². The lowest BCUT2D eigenvalue weighted by atomic mass is 10.1. The molecule has 0 heterocycles. The minimum Gasteiger partial charge on any atom is -0.395 e. The van der Waals surface area contributed by atoms with Crippen molar-refractivity contribution in [3.05, 3.63) is 0 Å². The predicted molar refractivity (Wildman–Crippen MR) is 104 cm³/mol. The zero-order valence-electron chi connectivity index (χ0n) is 15.8. The van der Waals surface area contributed by atoms with Gasteiger partial charge >= 0.3 is 8.56 Å². The molecule has 0 spiro atoms. The van der Waals surface area contributed by atoms with Gasteiger partial charge in [0.1, 0.15) is 0 Å². The maximum atomic E-state index is 11.9. The van der Waals surface area contributed by atoms with Crippen molar-refractivity contribution >= 4 is 25.4 Å². The largest absolute Gasteiger partial charge is 0.395 e. The van der Waals surface area contributed by atoms with Crippen LogP contribution in [0.4, 0.5) is 0 Å². The third kappa shape index (κ3) is 14.2. The van der Waals surface area contributed by atoms with Crippen molar-refractivity contribution in [2.75, 3.05) is 19.0 Å². The number of carbonyl (C=O) groups is 1. The van der Waals surface area contributed by atoms with Gasteiger partial charge < -0.3 is 8.85 Å². The highest BCUT2D eigenvalue weighted by atomic mass is 32.2. The molecule has 0 rings (SSSR count). The second-order valence-electron chi connectivity index (χ2n) is 6.20. The zero-order valence-corrected chi connectivity index (χ0v) is 17.6. The molecule has 0 radical (unpaired) electrons. The first kappa shape index (κ1) is 23.2. The van der Waals surface area contributed by atoms with E-state index in [-0.39, 0.29) is 0 Å². The summed E-state index contributed by atoms with van der Waals surface area (Å²) in [6.07, 6.45) is 10.6. The van der Waals surface area contributed by atoms with Crippen LogP contribution in [0.5, 0.6) is 0 Å². The van der Waals surface area contributed by atoms with E-state index in [0.29, 0.717) is 18.3 Å². The Labute approximate surface area is 149 Å². The van der Waals surface area contributed by atoms with Gasteiger partial charge in [0.15, 0.2) is 5.12 Å². The highest BCUT2D eigenvalue weighted by molar-refractivity contribution is 8.13. The SMILES string of the molecule is CCCCCCCCCC(=O)SCCC[Si](C)(OCC)OCC. The molecule has 0 aromatic carbocycles. The van der Waals surface area contributed by atoms with Gasteiger partial charge in [0.25, 0.3) is 0 Å². The lowest BCUT2D eigenvalue weighted by Gasteiger charge is -2.25. The average molecular weight is 363 g/mol. The summed E-state index contributed by atoms with van der Waals surface area (Å²) in [6, 6.07) is 0.979. The molecule has 0 aliphatic heterocycles. The first-order valence-corrected chi connectivity index (χ1v) is 13.0. The van der Waals surface area contributed by atoms with Gasteiger partial charge in [-0.1, -0.05) is 57.2 Å². The minimum atomic E-state index is -1.99. The topological polar surface area (TPSA) is 35.5 Å². The third-order valence-electron chi connectivity index (χ3n) is 3.92. The molecule has 0 fully saturated rings. The molecular formula is C18H38O3SSi. The zero-order chi connectivity index (χ0) is 17.4. The van der Waals surface area contributed by atoms with Crippen molar-refractivity contribution in [3.8, 4) is 0 Å². The molecule has 0 atom stereocenters. The Morgan fingerprint density at radius 3 is 2.00 bits per heavy atom. The summed E-state index contributed by atoms with van der Waals surface area (Å²) in [6.45, 7) is 9.84. The summed E-state index contributed by atoms with van der Waals surface area (Å²) in [4.78, 5) is 11.9. The number of thioether (sulfide) groups is 1. The van der Waals surface area contributed by atoms with Gasteiger partial charge in [-0.25, -0.2) is 0 Å². The molecule has 0 saturated carbocycles. The highest BCUT2D eigenvalue weighted by Crippen LogP contribution is 2.19. The molecule has 0 aliphatic rings. The van der Waals surface area contributed by atoms with Gasteiger partial charge in [-0.2, -0.15) is 0 Å². The van der Waals surface area contributed by atoms with Gasteiger partial charge in [0.2, 0.25) is 0 Å². The van der Waals surface area contributed by atoms with E-state index in [1.165, 1.54) is 50.3 Å². The average Bonchev–Trinajstić information content (AvgIpc) is 2.51. The van der Waals surface area contributed by atoms with Gasteiger partial charge in [-0.3, -0.25) is 4.79 Å². The number of carbonyl (C=O) groups excluding carboxylic acids is 1. The van der Waals surface area contributed by atoms with Crippen LogP contribution in [0, 0.1) is 0 Å². The van der Waals surface area contributed by atoms with Crippen LogP contribution < -0.4 is 0 Å². The van der Waals surface area contributed by atoms with Crippen molar-refractivity contribution in [1.82, 2.24) is 0 Å². The number of unbranched alkanes of at least 4 members (excludes halogenated alkanes) is 6. The summed E-state index contributed by atoms with van der Waals surface area (Å²) in [7, 11) is -1.99. The Morgan fingerprint density at radius 2 is 1.43 bits per heavy atom. The molecule has 0 aromatic heterocycles. The van der Waals surface area contributed by atoms with Crippen LogP contribution in [-0.2, 0) is 13.6 Å². The Morgan fingerprint density at radius 1 is 0.870 bits per heavy atom. The van der Waals surface area contributed by atoms with Gasteiger partial charge in [0.05, 0.1) is 0 Å². The quantitative estimate of drug-likeness (QED) is 0.252. The summed E-state index contributed by atoms with van der Waals surface area (Å²) in [5.74, 6) is 0.901. The number of hydrogen-bond acceptors (Lipinski definition) is 4. The van der Waals surface area contributed by atoms with Crippen LogP contribution in [0.15, 0.2) is 0 Å². The monoisotopic (exact) mass is 362 g/mol. The third-order valence-corrected chi connectivity index (χ3v) is 8.00. The van der Waals surface area contributed by atoms with Crippen LogP contribution in [0.2, 0.25) is 12.6 Å². The second-order valence-corrected chi connectivity index (χ2v) is 10.7. The summed E-state index contributed by atoms with van der Waals surface area (Å²) in [5, 5.41) is 0.356. The molecule has 3 nitrogen and oxygen atoms in total. The van der Waals surface area contributed by atoms with Crippen LogP contribution in [-0.4, -0.2) is 32.6 Å². The predicted octanol–water partition coefficient (Wildman–Crippen LogP) is 5.92. The lowest BCUT2D eigenvalue weighted by Crippen LogP contribution is -2.38. The van der Waals surface area contributed by atoms with Crippen LogP contribution >= 0.6 is 11.8 Å². The molecular weight excluding hydrogens is 324 g/mol. The normalized spacial score (nSPS) is 11.8. The summed E-state index contributed by atoms with van der Waals surface area (Å²) < 4.78 is 11.6. The Bertz CT molecular complexity index is 281. The van der Waals surface area contributed by atoms with Crippen molar-refractivity contribution in [2.24, 2.45) is 0 Å². The second kappa shape index (κ2) is 15.7. The molecule has 0 unspecified atom stereocenters. The summed E-state index contributed by atoms with van der Waals surface area (Å²) >= 11 is 1.50. The fraction of sp³-hybridized carbons (Fsp3) is 0.944. The van der Waals surface area contributed by atoms with Gasteiger partial charge in [-0.15, -0.1) is 0 Å². The first-order valence-electron chi connectivity index (χ1n) is 9.51. The maximum Gasteiger partial charge on any atom is 0.334 e. The number of rotatable bonds is 16. The summed E-state index contributed by atoms with van der Waals surface area (Å²) in [5.41, 5.74) is 0. The van der Waals surface area contributed by atoms with E-state index in [1.807, 2.05) is 13.8 Å². The fourth-order valence-electron chi connectivity index (χ4n) is 2.67. The van der Waals surface area contributed by atoms with E-state index in [0.717, 1.165) is 31.1 Å². The van der Waals surface area contributed by atoms with Crippen molar-refractivity contribution in [3.63, 3.8) is 0 Å². The van der Waals surface area contributed by atoms with E-state index in [9.17, 15) is 4.79 Å². The molecule has 0 bridgehead atoms. The molecule has 0 saturated heterocycles. The number of hydrogen-bond donors (Lipinski definition) is 0. The van der Waals surface area contributed by atoms with Gasteiger partial charge in [0, 0.05) is 25.4 Å². The van der Waals surface area contributed by atoms with E-state index < -0.39 is 8.56 Å². The molecule has 0 aliphatic carbocycles. The Kier molecular flexibility index (Phi) is 15.8. The molecule has 0 amide bonds. The van der Waals surface area contributed by atoms with Crippen LogP contribution in [0.3, 0.4) is 0 Å². The maximum absolute atomic E-state index is 11.9.